The van der Waals surface area contributed by atoms with Crippen LogP contribution < -0.4 is 5.32 Å². The molecule has 0 aromatic carbocycles. The number of aliphatic imine (C=N–C) groups is 1. The van der Waals surface area contributed by atoms with Gasteiger partial charge in [0.05, 0.1) is 18.3 Å². The van der Waals surface area contributed by atoms with Gasteiger partial charge in [0.2, 0.25) is 5.91 Å². The summed E-state index contributed by atoms with van der Waals surface area (Å²) in [6, 6.07) is 0. The number of rotatable bonds is 6. The fraction of sp³-hybridized carbons (Fsp3) is 0.750. The summed E-state index contributed by atoms with van der Waals surface area (Å²) in [4.78, 5) is 26.5. The summed E-state index contributed by atoms with van der Waals surface area (Å²) < 4.78 is 5.82. The van der Waals surface area contributed by atoms with Crippen molar-refractivity contribution in [2.45, 2.75) is 57.6 Å². The number of thiazole rings is 1. The van der Waals surface area contributed by atoms with Crippen molar-refractivity contribution in [3.05, 3.63) is 15.6 Å². The lowest BCUT2D eigenvalue weighted by atomic mass is 10.0. The van der Waals surface area contributed by atoms with Gasteiger partial charge >= 0.3 is 0 Å². The number of ether oxygens (including phenoxy) is 1. The highest BCUT2D eigenvalue weighted by molar-refractivity contribution is 7.11. The monoisotopic (exact) mass is 407 g/mol. The molecule has 1 atom stereocenters. The van der Waals surface area contributed by atoms with Gasteiger partial charge in [0.1, 0.15) is 11.6 Å². The molecule has 156 valence electrons. The fourth-order valence-corrected chi connectivity index (χ4v) is 4.73. The molecular weight excluding hydrogens is 374 g/mol. The number of hydrogen-bond donors (Lipinski definition) is 1. The minimum Gasteiger partial charge on any atom is -0.376 e. The van der Waals surface area contributed by atoms with Gasteiger partial charge in [0.15, 0.2) is 5.96 Å². The molecule has 0 saturated carbocycles. The zero-order valence-corrected chi connectivity index (χ0v) is 18.2. The van der Waals surface area contributed by atoms with Crippen LogP contribution in [0.4, 0.5) is 0 Å². The second-order valence-electron chi connectivity index (χ2n) is 7.84. The van der Waals surface area contributed by atoms with E-state index in [0.29, 0.717) is 13.1 Å². The highest BCUT2D eigenvalue weighted by Crippen LogP contribution is 2.27. The molecule has 3 rings (SSSR count). The maximum absolute atomic E-state index is 12.0. The van der Waals surface area contributed by atoms with Crippen molar-refractivity contribution in [1.29, 1.82) is 0 Å². The molecule has 28 heavy (non-hydrogen) atoms. The summed E-state index contributed by atoms with van der Waals surface area (Å²) in [5.74, 6) is 0.726. The number of likely N-dealkylation sites (N-methyl/N-ethyl adjacent to an activating group) is 1. The predicted molar refractivity (Wildman–Crippen MR) is 113 cm³/mol. The number of fused-ring (bicyclic) bond motifs is 1. The fourth-order valence-electron chi connectivity index (χ4n) is 3.52. The van der Waals surface area contributed by atoms with Crippen LogP contribution in [0.25, 0.3) is 0 Å². The quantitative estimate of drug-likeness (QED) is 0.577. The van der Waals surface area contributed by atoms with Crippen molar-refractivity contribution in [2.75, 3.05) is 40.8 Å². The third-order valence-corrected chi connectivity index (χ3v) is 6.39. The van der Waals surface area contributed by atoms with Crippen LogP contribution in [0.15, 0.2) is 4.99 Å². The van der Waals surface area contributed by atoms with Gasteiger partial charge in [-0.3, -0.25) is 4.79 Å². The molecule has 1 amide bonds. The van der Waals surface area contributed by atoms with Gasteiger partial charge in [-0.1, -0.05) is 0 Å². The van der Waals surface area contributed by atoms with Crippen LogP contribution in [0, 0.1) is 0 Å². The molecule has 1 aliphatic heterocycles. The number of hydrogen-bond acceptors (Lipinski definition) is 5. The maximum Gasteiger partial charge on any atom is 0.243 e. The Balaban J connectivity index is 1.64. The van der Waals surface area contributed by atoms with Crippen molar-refractivity contribution >= 4 is 23.2 Å². The van der Waals surface area contributed by atoms with Crippen molar-refractivity contribution < 1.29 is 9.53 Å². The molecule has 7 nitrogen and oxygen atoms in total. The molecule has 8 heteroatoms. The van der Waals surface area contributed by atoms with E-state index < -0.39 is 0 Å². The van der Waals surface area contributed by atoms with Crippen LogP contribution in [-0.4, -0.2) is 73.6 Å². The van der Waals surface area contributed by atoms with E-state index in [-0.39, 0.29) is 18.6 Å². The van der Waals surface area contributed by atoms with Crippen molar-refractivity contribution in [2.24, 2.45) is 4.99 Å². The molecular formula is C20H33N5O2S. The first-order chi connectivity index (χ1) is 13.5. The van der Waals surface area contributed by atoms with Gasteiger partial charge in [-0.2, -0.15) is 0 Å². The minimum atomic E-state index is -0.00803. The number of nitrogens with zero attached hydrogens (tertiary/aromatic N) is 4. The van der Waals surface area contributed by atoms with E-state index in [0.717, 1.165) is 43.3 Å². The highest BCUT2D eigenvalue weighted by Gasteiger charge is 2.19. The van der Waals surface area contributed by atoms with E-state index in [9.17, 15) is 4.79 Å². The Labute approximate surface area is 172 Å². The molecule has 0 radical (unpaired) electrons. The van der Waals surface area contributed by atoms with Gasteiger partial charge in [-0.05, 0) is 44.9 Å². The van der Waals surface area contributed by atoms with Crippen LogP contribution in [0.2, 0.25) is 0 Å². The standard InChI is InChI=1S/C20H33N5O2S/c1-24(2)19(26)13-22-20(21-12-15-8-6-7-11-27-15)25(3)14-18-23-16-9-4-5-10-17(16)28-18/h15H,4-14H2,1-3H3,(H,21,22). The van der Waals surface area contributed by atoms with Gasteiger partial charge in [-0.25, -0.2) is 9.98 Å². The molecule has 1 aliphatic carbocycles. The van der Waals surface area contributed by atoms with E-state index in [2.05, 4.69) is 15.2 Å². The largest absolute Gasteiger partial charge is 0.376 e. The lowest BCUT2D eigenvalue weighted by Gasteiger charge is -2.26. The van der Waals surface area contributed by atoms with Crippen molar-refractivity contribution in [1.82, 2.24) is 20.1 Å². The Hall–Kier alpha value is -1.67. The Kier molecular flexibility index (Phi) is 7.67. The number of guanidine groups is 1. The third kappa shape index (κ3) is 5.91. The normalized spacial score (nSPS) is 19.8. The first kappa shape index (κ1) is 21.0. The van der Waals surface area contributed by atoms with Gasteiger partial charge < -0.3 is 19.9 Å². The smallest absolute Gasteiger partial charge is 0.243 e. The van der Waals surface area contributed by atoms with E-state index >= 15 is 0 Å². The Morgan fingerprint density at radius 3 is 2.79 bits per heavy atom. The van der Waals surface area contributed by atoms with Gasteiger partial charge in [0.25, 0.3) is 0 Å². The summed E-state index contributed by atoms with van der Waals surface area (Å²) in [5, 5.41) is 4.54. The summed E-state index contributed by atoms with van der Waals surface area (Å²) in [6.07, 6.45) is 8.41. The number of aromatic nitrogens is 1. The maximum atomic E-state index is 12.0. The molecule has 1 aromatic rings. The van der Waals surface area contributed by atoms with Gasteiger partial charge in [0, 0.05) is 39.2 Å². The number of carbonyl (C=O) groups excluding carboxylic acids is 1. The van der Waals surface area contributed by atoms with Crippen LogP contribution in [0.5, 0.6) is 0 Å². The summed E-state index contributed by atoms with van der Waals surface area (Å²) >= 11 is 1.82. The number of amides is 1. The molecule has 0 spiro atoms. The SMILES string of the molecule is CN(C)C(=O)CN=C(NCC1CCCCO1)N(C)Cc1nc2c(s1)CCCC2. The Bertz CT molecular complexity index is 659. The lowest BCUT2D eigenvalue weighted by molar-refractivity contribution is -0.127. The number of carbonyl (C=O) groups is 1. The molecule has 2 aliphatic rings. The summed E-state index contributed by atoms with van der Waals surface area (Å²) in [6.45, 7) is 2.39. The molecule has 1 aromatic heterocycles. The van der Waals surface area contributed by atoms with E-state index in [1.807, 2.05) is 18.4 Å². The zero-order chi connectivity index (χ0) is 19.9. The molecule has 2 heterocycles. The van der Waals surface area contributed by atoms with Gasteiger partial charge in [-0.15, -0.1) is 11.3 Å². The zero-order valence-electron chi connectivity index (χ0n) is 17.4. The summed E-state index contributed by atoms with van der Waals surface area (Å²) in [5.41, 5.74) is 1.28. The third-order valence-electron chi connectivity index (χ3n) is 5.25. The van der Waals surface area contributed by atoms with E-state index in [4.69, 9.17) is 9.72 Å². The number of aryl methyl sites for hydroxylation is 2. The van der Waals surface area contributed by atoms with Crippen LogP contribution >= 0.6 is 11.3 Å². The first-order valence-electron chi connectivity index (χ1n) is 10.3. The molecule has 1 N–H and O–H groups in total. The molecule has 0 bridgehead atoms. The first-order valence-corrected chi connectivity index (χ1v) is 11.1. The lowest BCUT2D eigenvalue weighted by Crippen LogP contribution is -2.43. The average molecular weight is 408 g/mol. The van der Waals surface area contributed by atoms with E-state index in [1.165, 1.54) is 29.8 Å². The average Bonchev–Trinajstić information content (AvgIpc) is 3.10. The predicted octanol–water partition coefficient (Wildman–Crippen LogP) is 2.06. The topological polar surface area (TPSA) is 70.1 Å². The van der Waals surface area contributed by atoms with Crippen LogP contribution in [0.3, 0.4) is 0 Å². The van der Waals surface area contributed by atoms with Crippen molar-refractivity contribution in [3.63, 3.8) is 0 Å². The van der Waals surface area contributed by atoms with E-state index in [1.54, 1.807) is 19.0 Å². The second-order valence-corrected chi connectivity index (χ2v) is 9.01. The Morgan fingerprint density at radius 1 is 1.25 bits per heavy atom. The van der Waals surface area contributed by atoms with Crippen molar-refractivity contribution in [3.8, 4) is 0 Å². The minimum absolute atomic E-state index is 0.00803. The Morgan fingerprint density at radius 2 is 2.07 bits per heavy atom. The number of nitrogens with one attached hydrogen (secondary N) is 1. The molecule has 1 unspecified atom stereocenters. The van der Waals surface area contributed by atoms with Crippen LogP contribution in [0.1, 0.15) is 47.7 Å². The highest BCUT2D eigenvalue weighted by atomic mass is 32.1. The summed E-state index contributed by atoms with van der Waals surface area (Å²) in [7, 11) is 5.52. The second kappa shape index (κ2) is 10.2. The van der Waals surface area contributed by atoms with Crippen LogP contribution in [-0.2, 0) is 28.9 Å². The molecule has 1 fully saturated rings. The molecule has 1 saturated heterocycles.